The molecule has 4 nitrogen and oxygen atoms in total. The van der Waals surface area contributed by atoms with E-state index in [1.165, 1.54) is 16.8 Å². The SMILES string of the molecule is O=C1C(=CC=Cc2ccco2)SC(=S)N1Nc1ccccc1. The Kier molecular flexibility index (Phi) is 4.41. The molecule has 0 spiro atoms. The molecule has 0 bridgehead atoms. The number of para-hydroxylation sites is 1. The van der Waals surface area contributed by atoms with Gasteiger partial charge in [0.25, 0.3) is 5.91 Å². The first-order valence-electron chi connectivity index (χ1n) is 6.54. The number of carbonyl (C=O) groups excluding carboxylic acids is 1. The molecule has 6 heteroatoms. The quantitative estimate of drug-likeness (QED) is 0.677. The first-order chi connectivity index (χ1) is 10.7. The van der Waals surface area contributed by atoms with Crippen LogP contribution in [-0.2, 0) is 4.79 Å². The molecule has 1 amide bonds. The summed E-state index contributed by atoms with van der Waals surface area (Å²) in [4.78, 5) is 12.9. The van der Waals surface area contributed by atoms with Gasteiger partial charge in [0.1, 0.15) is 5.76 Å². The van der Waals surface area contributed by atoms with E-state index in [2.05, 4.69) is 5.43 Å². The second-order valence-electron chi connectivity index (χ2n) is 4.39. The van der Waals surface area contributed by atoms with E-state index in [1.54, 1.807) is 24.5 Å². The Morgan fingerprint density at radius 3 is 2.73 bits per heavy atom. The van der Waals surface area contributed by atoms with Crippen LogP contribution in [0.1, 0.15) is 5.76 Å². The van der Waals surface area contributed by atoms with Crippen LogP contribution in [0.4, 0.5) is 5.69 Å². The molecule has 1 aliphatic heterocycles. The molecule has 1 aromatic carbocycles. The number of hydrazine groups is 1. The largest absolute Gasteiger partial charge is 0.465 e. The van der Waals surface area contributed by atoms with Gasteiger partial charge in [-0.15, -0.1) is 0 Å². The van der Waals surface area contributed by atoms with Crippen molar-refractivity contribution < 1.29 is 9.21 Å². The summed E-state index contributed by atoms with van der Waals surface area (Å²) in [5.41, 5.74) is 3.82. The topological polar surface area (TPSA) is 45.5 Å². The summed E-state index contributed by atoms with van der Waals surface area (Å²) in [6, 6.07) is 13.1. The van der Waals surface area contributed by atoms with Gasteiger partial charge in [0.2, 0.25) is 0 Å². The van der Waals surface area contributed by atoms with Gasteiger partial charge in [-0.1, -0.05) is 36.0 Å². The van der Waals surface area contributed by atoms with Gasteiger partial charge in [-0.3, -0.25) is 10.2 Å². The van der Waals surface area contributed by atoms with Crippen LogP contribution in [0, 0.1) is 0 Å². The first kappa shape index (κ1) is 14.6. The van der Waals surface area contributed by atoms with E-state index in [-0.39, 0.29) is 5.91 Å². The summed E-state index contributed by atoms with van der Waals surface area (Å²) in [7, 11) is 0. The number of rotatable bonds is 4. The second kappa shape index (κ2) is 6.64. The van der Waals surface area contributed by atoms with Gasteiger partial charge in [-0.2, -0.15) is 0 Å². The normalized spacial score (nSPS) is 16.9. The fourth-order valence-electron chi connectivity index (χ4n) is 1.84. The number of hydrogen-bond acceptors (Lipinski definition) is 5. The average molecular weight is 328 g/mol. The fraction of sp³-hybridized carbons (Fsp3) is 0. The predicted molar refractivity (Wildman–Crippen MR) is 92.9 cm³/mol. The zero-order chi connectivity index (χ0) is 15.4. The molecule has 1 aromatic heterocycles. The fourth-order valence-corrected chi connectivity index (χ4v) is 2.97. The Morgan fingerprint density at radius 2 is 2.00 bits per heavy atom. The number of carbonyl (C=O) groups is 1. The van der Waals surface area contributed by atoms with Gasteiger partial charge < -0.3 is 4.42 Å². The molecule has 0 unspecified atom stereocenters. The minimum atomic E-state index is -0.164. The van der Waals surface area contributed by atoms with Crippen LogP contribution >= 0.6 is 24.0 Å². The van der Waals surface area contributed by atoms with Crippen molar-refractivity contribution in [3.63, 3.8) is 0 Å². The maximum Gasteiger partial charge on any atom is 0.285 e. The van der Waals surface area contributed by atoms with E-state index >= 15 is 0 Å². The van der Waals surface area contributed by atoms with Crippen LogP contribution in [0.3, 0.4) is 0 Å². The van der Waals surface area contributed by atoms with Crippen molar-refractivity contribution in [2.24, 2.45) is 0 Å². The number of thiocarbonyl (C=S) groups is 1. The second-order valence-corrected chi connectivity index (χ2v) is 6.07. The van der Waals surface area contributed by atoms with Crippen LogP contribution in [-0.4, -0.2) is 15.2 Å². The Labute approximate surface area is 137 Å². The molecule has 0 radical (unpaired) electrons. The van der Waals surface area contributed by atoms with E-state index in [0.717, 1.165) is 11.4 Å². The van der Waals surface area contributed by atoms with E-state index in [4.69, 9.17) is 16.6 Å². The number of furan rings is 1. The number of hydrogen-bond donors (Lipinski definition) is 1. The van der Waals surface area contributed by atoms with Crippen molar-refractivity contribution >= 4 is 46.0 Å². The van der Waals surface area contributed by atoms with Gasteiger partial charge in [0.05, 0.1) is 16.9 Å². The van der Waals surface area contributed by atoms with Crippen molar-refractivity contribution in [2.45, 2.75) is 0 Å². The third kappa shape index (κ3) is 3.29. The molecule has 1 fully saturated rings. The highest BCUT2D eigenvalue weighted by molar-refractivity contribution is 8.26. The molecule has 1 N–H and O–H groups in total. The molecule has 1 aliphatic rings. The van der Waals surface area contributed by atoms with Crippen molar-refractivity contribution in [1.29, 1.82) is 0 Å². The number of nitrogens with one attached hydrogen (secondary N) is 1. The highest BCUT2D eigenvalue weighted by Gasteiger charge is 2.32. The Hall–Kier alpha value is -2.31. The van der Waals surface area contributed by atoms with Crippen LogP contribution in [0.2, 0.25) is 0 Å². The van der Waals surface area contributed by atoms with Crippen molar-refractivity contribution in [1.82, 2.24) is 5.01 Å². The number of allylic oxidation sites excluding steroid dienone is 2. The summed E-state index contributed by atoms with van der Waals surface area (Å²) in [5.74, 6) is 0.567. The summed E-state index contributed by atoms with van der Waals surface area (Å²) in [5, 5.41) is 1.38. The summed E-state index contributed by atoms with van der Waals surface area (Å²) < 4.78 is 5.67. The van der Waals surface area contributed by atoms with Crippen molar-refractivity contribution in [2.75, 3.05) is 5.43 Å². The van der Waals surface area contributed by atoms with E-state index in [9.17, 15) is 4.79 Å². The van der Waals surface area contributed by atoms with Crippen LogP contribution in [0.25, 0.3) is 6.08 Å². The Bertz CT molecular complexity index is 737. The minimum Gasteiger partial charge on any atom is -0.465 e. The summed E-state index contributed by atoms with van der Waals surface area (Å²) >= 11 is 6.51. The minimum absolute atomic E-state index is 0.164. The lowest BCUT2D eigenvalue weighted by Gasteiger charge is -2.16. The molecule has 2 aromatic rings. The standard InChI is InChI=1S/C16H12N2O2S2/c19-15-14(10-4-8-13-9-5-11-20-13)22-16(21)18(15)17-12-6-2-1-3-7-12/h1-11,17H. The molecule has 1 saturated heterocycles. The van der Waals surface area contributed by atoms with Crippen molar-refractivity contribution in [3.05, 3.63) is 71.5 Å². The maximum absolute atomic E-state index is 12.3. The van der Waals surface area contributed by atoms with E-state index in [0.29, 0.717) is 9.23 Å². The molecule has 2 heterocycles. The zero-order valence-corrected chi connectivity index (χ0v) is 13.1. The zero-order valence-electron chi connectivity index (χ0n) is 11.4. The highest BCUT2D eigenvalue weighted by atomic mass is 32.2. The molecule has 0 aliphatic carbocycles. The number of amides is 1. The number of anilines is 1. The molecule has 3 rings (SSSR count). The Morgan fingerprint density at radius 1 is 1.18 bits per heavy atom. The number of benzene rings is 1. The predicted octanol–water partition coefficient (Wildman–Crippen LogP) is 4.06. The lowest BCUT2D eigenvalue weighted by atomic mass is 10.3. The number of nitrogens with zero attached hydrogens (tertiary/aromatic N) is 1. The van der Waals surface area contributed by atoms with Gasteiger partial charge >= 0.3 is 0 Å². The lowest BCUT2D eigenvalue weighted by Crippen LogP contribution is -2.33. The van der Waals surface area contributed by atoms with Crippen molar-refractivity contribution in [3.8, 4) is 0 Å². The van der Waals surface area contributed by atoms with E-state index < -0.39 is 0 Å². The molecular weight excluding hydrogens is 316 g/mol. The van der Waals surface area contributed by atoms with Gasteiger partial charge in [-0.05, 0) is 48.6 Å². The third-order valence-electron chi connectivity index (χ3n) is 2.86. The van der Waals surface area contributed by atoms with Gasteiger partial charge in [0.15, 0.2) is 4.32 Å². The number of thioether (sulfide) groups is 1. The monoisotopic (exact) mass is 328 g/mol. The molecule has 22 heavy (non-hydrogen) atoms. The third-order valence-corrected chi connectivity index (χ3v) is 4.18. The van der Waals surface area contributed by atoms with E-state index in [1.807, 2.05) is 42.5 Å². The summed E-state index contributed by atoms with van der Waals surface area (Å²) in [6.07, 6.45) is 6.89. The highest BCUT2D eigenvalue weighted by Crippen LogP contribution is 2.31. The molecule has 0 saturated carbocycles. The molecule has 110 valence electrons. The average Bonchev–Trinajstić information content (AvgIpc) is 3.13. The molecular formula is C16H12N2O2S2. The first-order valence-corrected chi connectivity index (χ1v) is 7.76. The van der Waals surface area contributed by atoms with Gasteiger partial charge in [0, 0.05) is 0 Å². The molecule has 0 atom stereocenters. The van der Waals surface area contributed by atoms with Crippen LogP contribution in [0.5, 0.6) is 0 Å². The summed E-state index contributed by atoms with van der Waals surface area (Å²) in [6.45, 7) is 0. The van der Waals surface area contributed by atoms with Crippen LogP contribution in [0.15, 0.2) is 70.2 Å². The van der Waals surface area contributed by atoms with Crippen LogP contribution < -0.4 is 5.43 Å². The maximum atomic E-state index is 12.3. The van der Waals surface area contributed by atoms with Gasteiger partial charge in [-0.25, -0.2) is 5.01 Å². The Balaban J connectivity index is 1.71. The lowest BCUT2D eigenvalue weighted by molar-refractivity contribution is -0.121. The smallest absolute Gasteiger partial charge is 0.285 e.